The van der Waals surface area contributed by atoms with E-state index in [9.17, 15) is 13.2 Å². The largest absolute Gasteiger partial charge is 0.497 e. The van der Waals surface area contributed by atoms with Crippen molar-refractivity contribution >= 4 is 37.4 Å². The zero-order valence-corrected chi connectivity index (χ0v) is 19.3. The van der Waals surface area contributed by atoms with E-state index in [-0.39, 0.29) is 17.4 Å². The number of sulfone groups is 1. The lowest BCUT2D eigenvalue weighted by Crippen LogP contribution is -2.47. The van der Waals surface area contributed by atoms with E-state index < -0.39 is 15.4 Å². The molecule has 1 amide bonds. The summed E-state index contributed by atoms with van der Waals surface area (Å²) in [5, 5.41) is 5.80. The summed E-state index contributed by atoms with van der Waals surface area (Å²) in [4.78, 5) is 18.2. The first-order chi connectivity index (χ1) is 15.8. The van der Waals surface area contributed by atoms with Crippen LogP contribution < -0.4 is 10.1 Å². The highest BCUT2D eigenvalue weighted by Crippen LogP contribution is 2.30. The maximum Gasteiger partial charge on any atom is 0.252 e. The number of hydrogen-bond donors (Lipinski definition) is 1. The van der Waals surface area contributed by atoms with Crippen molar-refractivity contribution in [2.45, 2.75) is 18.9 Å². The highest BCUT2D eigenvalue weighted by atomic mass is 32.2. The third-order valence-electron chi connectivity index (χ3n) is 6.22. The summed E-state index contributed by atoms with van der Waals surface area (Å²) in [6.45, 7) is 1.79. The molecular formula is C26H24N2O4S. The van der Waals surface area contributed by atoms with Crippen molar-refractivity contribution in [2.75, 3.05) is 18.6 Å². The summed E-state index contributed by atoms with van der Waals surface area (Å²) in [5.41, 5.74) is 1.99. The summed E-state index contributed by atoms with van der Waals surface area (Å²) in [7, 11) is -1.50. The van der Waals surface area contributed by atoms with Crippen LogP contribution in [0.2, 0.25) is 0 Å². The maximum atomic E-state index is 13.3. The van der Waals surface area contributed by atoms with Crippen LogP contribution in [0.5, 0.6) is 5.75 Å². The van der Waals surface area contributed by atoms with Crippen molar-refractivity contribution < 1.29 is 17.9 Å². The lowest BCUT2D eigenvalue weighted by atomic mass is 9.98. The molecule has 3 aromatic carbocycles. The molecule has 1 unspecified atom stereocenters. The lowest BCUT2D eigenvalue weighted by Gasteiger charge is -2.24. The normalized spacial score (nSPS) is 19.6. The Kier molecular flexibility index (Phi) is 5.09. The summed E-state index contributed by atoms with van der Waals surface area (Å²) in [5.74, 6) is 0.546. The van der Waals surface area contributed by atoms with Gasteiger partial charge in [-0.3, -0.25) is 4.79 Å². The fourth-order valence-electron chi connectivity index (χ4n) is 4.47. The van der Waals surface area contributed by atoms with E-state index in [4.69, 9.17) is 9.72 Å². The summed E-state index contributed by atoms with van der Waals surface area (Å²) in [6.07, 6.45) is 0.408. The second-order valence-corrected chi connectivity index (χ2v) is 11.0. The Labute approximate surface area is 192 Å². The van der Waals surface area contributed by atoms with Gasteiger partial charge >= 0.3 is 0 Å². The van der Waals surface area contributed by atoms with Crippen LogP contribution in [0.4, 0.5) is 0 Å². The van der Waals surface area contributed by atoms with Crippen molar-refractivity contribution in [3.05, 3.63) is 72.3 Å². The molecule has 7 heteroatoms. The van der Waals surface area contributed by atoms with E-state index in [1.807, 2.05) is 60.7 Å². The van der Waals surface area contributed by atoms with Crippen molar-refractivity contribution in [3.63, 3.8) is 0 Å². The molecule has 2 heterocycles. The first kappa shape index (κ1) is 21.4. The Bertz CT molecular complexity index is 1510. The minimum absolute atomic E-state index is 0.0459. The molecule has 5 rings (SSSR count). The van der Waals surface area contributed by atoms with Gasteiger partial charge < -0.3 is 10.1 Å². The summed E-state index contributed by atoms with van der Waals surface area (Å²) in [6, 6.07) is 21.2. The number of para-hydroxylation sites is 1. The molecular weight excluding hydrogens is 436 g/mol. The number of carbonyl (C=O) groups is 1. The molecule has 1 aromatic heterocycles. The van der Waals surface area contributed by atoms with E-state index >= 15 is 0 Å². The molecule has 0 radical (unpaired) electrons. The molecule has 1 fully saturated rings. The summed E-state index contributed by atoms with van der Waals surface area (Å²) >= 11 is 0. The average molecular weight is 461 g/mol. The molecule has 1 aliphatic rings. The topological polar surface area (TPSA) is 85.4 Å². The van der Waals surface area contributed by atoms with Crippen molar-refractivity contribution in [3.8, 4) is 17.0 Å². The highest BCUT2D eigenvalue weighted by Gasteiger charge is 2.39. The first-order valence-corrected chi connectivity index (χ1v) is 12.6. The number of benzene rings is 3. The number of methoxy groups -OCH3 is 1. The molecule has 1 N–H and O–H groups in total. The number of aromatic nitrogens is 1. The molecule has 0 saturated carbocycles. The number of fused-ring (bicyclic) bond motifs is 2. The number of carbonyl (C=O) groups excluding carboxylic acids is 1. The SMILES string of the molecule is COc1ccc2cc(-c3cc(C(=O)NC4(C)CCS(=O)(=O)C4)c4ccccc4n3)ccc2c1. The summed E-state index contributed by atoms with van der Waals surface area (Å²) < 4.78 is 29.3. The molecule has 6 nitrogen and oxygen atoms in total. The molecule has 0 bridgehead atoms. The first-order valence-electron chi connectivity index (χ1n) is 10.8. The number of ether oxygens (including phenoxy) is 1. The van der Waals surface area contributed by atoms with Crippen LogP contribution in [-0.2, 0) is 9.84 Å². The standard InChI is InChI=1S/C26H24N2O4S/c1-26(11-12-33(30,31)16-26)28-25(29)22-15-24(27-23-6-4-3-5-21(22)23)19-8-7-18-14-20(32-2)10-9-17(18)13-19/h3-10,13-15H,11-12,16H2,1-2H3,(H,28,29). The van der Waals surface area contributed by atoms with Gasteiger partial charge in [-0.1, -0.05) is 36.4 Å². The number of amides is 1. The van der Waals surface area contributed by atoms with Gasteiger partial charge in [0.1, 0.15) is 5.75 Å². The molecule has 1 atom stereocenters. The average Bonchev–Trinajstić information content (AvgIpc) is 3.09. The van der Waals surface area contributed by atoms with E-state index in [0.717, 1.165) is 27.5 Å². The molecule has 1 saturated heterocycles. The molecule has 1 aliphatic heterocycles. The van der Waals surface area contributed by atoms with Crippen molar-refractivity contribution in [2.24, 2.45) is 0 Å². The third kappa shape index (κ3) is 4.16. The van der Waals surface area contributed by atoms with Crippen LogP contribution in [0, 0.1) is 0 Å². The van der Waals surface area contributed by atoms with Crippen LogP contribution in [0.15, 0.2) is 66.7 Å². The van der Waals surface area contributed by atoms with Gasteiger partial charge in [-0.05, 0) is 54.4 Å². The van der Waals surface area contributed by atoms with Crippen molar-refractivity contribution in [1.82, 2.24) is 10.3 Å². The monoisotopic (exact) mass is 460 g/mol. The zero-order valence-electron chi connectivity index (χ0n) is 18.5. The van der Waals surface area contributed by atoms with E-state index in [0.29, 0.717) is 23.2 Å². The Balaban J connectivity index is 1.58. The molecule has 33 heavy (non-hydrogen) atoms. The Morgan fingerprint density at radius 3 is 2.55 bits per heavy atom. The van der Waals surface area contributed by atoms with Crippen LogP contribution in [0.25, 0.3) is 32.9 Å². The third-order valence-corrected chi connectivity index (χ3v) is 8.13. The smallest absolute Gasteiger partial charge is 0.252 e. The second-order valence-electron chi connectivity index (χ2n) is 8.86. The van der Waals surface area contributed by atoms with Crippen LogP contribution in [0.1, 0.15) is 23.7 Å². The quantitative estimate of drug-likeness (QED) is 0.489. The van der Waals surface area contributed by atoms with Gasteiger partial charge in [0.2, 0.25) is 0 Å². The van der Waals surface area contributed by atoms with Gasteiger partial charge in [-0.25, -0.2) is 13.4 Å². The number of nitrogens with one attached hydrogen (secondary N) is 1. The van der Waals surface area contributed by atoms with Gasteiger partial charge in [0.05, 0.1) is 40.9 Å². The number of nitrogens with zero attached hydrogens (tertiary/aromatic N) is 1. The number of hydrogen-bond acceptors (Lipinski definition) is 5. The van der Waals surface area contributed by atoms with Gasteiger partial charge in [0.25, 0.3) is 5.91 Å². The molecule has 168 valence electrons. The predicted octanol–water partition coefficient (Wildman–Crippen LogP) is 4.37. The van der Waals surface area contributed by atoms with E-state index in [2.05, 4.69) is 5.32 Å². The number of pyridine rings is 1. The second kappa shape index (κ2) is 7.85. The van der Waals surface area contributed by atoms with E-state index in [1.165, 1.54) is 0 Å². The minimum atomic E-state index is -3.14. The Morgan fingerprint density at radius 1 is 1.03 bits per heavy atom. The number of rotatable bonds is 4. The lowest BCUT2D eigenvalue weighted by molar-refractivity contribution is 0.0917. The van der Waals surface area contributed by atoms with E-state index in [1.54, 1.807) is 20.1 Å². The van der Waals surface area contributed by atoms with Gasteiger partial charge in [-0.2, -0.15) is 0 Å². The Hall–Kier alpha value is -3.45. The molecule has 0 aliphatic carbocycles. The minimum Gasteiger partial charge on any atom is -0.497 e. The van der Waals surface area contributed by atoms with Crippen molar-refractivity contribution in [1.29, 1.82) is 0 Å². The fraction of sp³-hybridized carbons (Fsp3) is 0.231. The molecule has 4 aromatic rings. The van der Waals surface area contributed by atoms with Crippen LogP contribution in [0.3, 0.4) is 0 Å². The van der Waals surface area contributed by atoms with Crippen LogP contribution in [-0.4, -0.2) is 43.5 Å². The Morgan fingerprint density at radius 2 is 1.79 bits per heavy atom. The molecule has 0 spiro atoms. The maximum absolute atomic E-state index is 13.3. The van der Waals surface area contributed by atoms with Gasteiger partial charge in [0.15, 0.2) is 9.84 Å². The zero-order chi connectivity index (χ0) is 23.2. The van der Waals surface area contributed by atoms with Gasteiger partial charge in [0, 0.05) is 10.9 Å². The highest BCUT2D eigenvalue weighted by molar-refractivity contribution is 7.91. The van der Waals surface area contributed by atoms with Gasteiger partial charge in [-0.15, -0.1) is 0 Å². The fourth-order valence-corrected chi connectivity index (χ4v) is 6.56. The van der Waals surface area contributed by atoms with Crippen LogP contribution >= 0.6 is 0 Å². The predicted molar refractivity (Wildman–Crippen MR) is 130 cm³/mol.